The van der Waals surface area contributed by atoms with E-state index in [1.54, 1.807) is 18.3 Å². The van der Waals surface area contributed by atoms with Crippen LogP contribution in [-0.2, 0) is 24.1 Å². The zero-order chi connectivity index (χ0) is 22.1. The second kappa shape index (κ2) is 8.68. The number of aromatic amines is 1. The van der Waals surface area contributed by atoms with Crippen LogP contribution < -0.4 is 10.2 Å². The Labute approximate surface area is 184 Å². The second-order valence-corrected chi connectivity index (χ2v) is 8.23. The molecule has 0 saturated carbocycles. The van der Waals surface area contributed by atoms with Crippen LogP contribution >= 0.6 is 0 Å². The monoisotopic (exact) mass is 437 g/mol. The predicted molar refractivity (Wildman–Crippen MR) is 116 cm³/mol. The first-order chi connectivity index (χ1) is 15.6. The Kier molecular flexibility index (Phi) is 5.59. The van der Waals surface area contributed by atoms with Gasteiger partial charge in [0.1, 0.15) is 11.9 Å². The molecule has 2 atom stereocenters. The van der Waals surface area contributed by atoms with Crippen molar-refractivity contribution in [1.29, 1.82) is 0 Å². The number of benzene rings is 2. The molecule has 2 aliphatic rings. The van der Waals surface area contributed by atoms with E-state index in [0.717, 1.165) is 30.5 Å². The molecule has 32 heavy (non-hydrogen) atoms. The number of aliphatic hydroxyl groups is 1. The average Bonchev–Trinajstić information content (AvgIpc) is 3.46. The number of hydrogen-bond acceptors (Lipinski definition) is 6. The number of carbonyl (C=O) groups is 1. The molecule has 8 nitrogen and oxygen atoms in total. The maximum Gasteiger partial charge on any atom is 0.414 e. The lowest BCUT2D eigenvalue weighted by molar-refractivity contribution is 0.0963. The first kappa shape index (κ1) is 20.6. The molecule has 5 rings (SSSR count). The van der Waals surface area contributed by atoms with Gasteiger partial charge in [-0.2, -0.15) is 15.4 Å². The third-order valence-corrected chi connectivity index (χ3v) is 6.12. The van der Waals surface area contributed by atoms with Crippen LogP contribution in [0.4, 0.5) is 14.9 Å². The molecule has 0 radical (unpaired) electrons. The lowest BCUT2D eigenvalue weighted by atomic mass is 9.86. The van der Waals surface area contributed by atoms with E-state index >= 15 is 0 Å². The first-order valence-electron chi connectivity index (χ1n) is 10.7. The summed E-state index contributed by atoms with van der Waals surface area (Å²) in [7, 11) is 0. The minimum atomic E-state index is -0.583. The molecule has 1 saturated heterocycles. The summed E-state index contributed by atoms with van der Waals surface area (Å²) in [6.45, 7) is 0.628. The highest BCUT2D eigenvalue weighted by atomic mass is 19.1. The molecule has 1 amide bonds. The predicted octanol–water partition coefficient (Wildman–Crippen LogP) is 2.58. The molecule has 1 aliphatic carbocycles. The fourth-order valence-corrected chi connectivity index (χ4v) is 4.39. The standard InChI is InChI=1S/C23H24FN5O3/c24-22-9-19(29-12-20(13-30)32-23(29)31)5-6-21(22)16-2-1-15-8-17(4-3-14(15)7-16)25-10-18-11-26-28-27-18/h1-2,5-7,9,11,17,20,25,30H,3-4,8,10,12-13H2,(H,26,27,28). The summed E-state index contributed by atoms with van der Waals surface area (Å²) in [5, 5.41) is 23.2. The Balaban J connectivity index is 1.29. The molecule has 2 aromatic carbocycles. The molecule has 3 aromatic rings. The van der Waals surface area contributed by atoms with Gasteiger partial charge in [-0.15, -0.1) is 0 Å². The molecular weight excluding hydrogens is 413 g/mol. The van der Waals surface area contributed by atoms with Gasteiger partial charge in [0.25, 0.3) is 0 Å². The summed E-state index contributed by atoms with van der Waals surface area (Å²) in [5.74, 6) is -0.398. The fourth-order valence-electron chi connectivity index (χ4n) is 4.39. The van der Waals surface area contributed by atoms with Gasteiger partial charge in [-0.25, -0.2) is 9.18 Å². The number of aliphatic hydroxyl groups excluding tert-OH is 1. The van der Waals surface area contributed by atoms with Gasteiger partial charge in [-0.3, -0.25) is 4.90 Å². The Morgan fingerprint density at radius 2 is 2.16 bits per heavy atom. The van der Waals surface area contributed by atoms with Crippen molar-refractivity contribution in [1.82, 2.24) is 20.7 Å². The van der Waals surface area contributed by atoms with Gasteiger partial charge in [-0.1, -0.05) is 18.2 Å². The van der Waals surface area contributed by atoms with Crippen molar-refractivity contribution in [2.75, 3.05) is 18.1 Å². The average molecular weight is 437 g/mol. The number of nitrogens with zero attached hydrogens (tertiary/aromatic N) is 3. The zero-order valence-electron chi connectivity index (χ0n) is 17.4. The first-order valence-corrected chi connectivity index (χ1v) is 10.7. The number of aromatic nitrogens is 3. The number of anilines is 1. The van der Waals surface area contributed by atoms with Crippen LogP contribution in [0.25, 0.3) is 11.1 Å². The molecule has 3 N–H and O–H groups in total. The van der Waals surface area contributed by atoms with Crippen molar-refractivity contribution in [3.05, 3.63) is 65.2 Å². The number of H-pyrrole nitrogens is 1. The maximum absolute atomic E-state index is 15.0. The molecule has 2 heterocycles. The SMILES string of the molecule is O=C1OC(CO)CN1c1ccc(-c2ccc3c(c2)CCC(NCc2cn[nH]n2)C3)c(F)c1. The van der Waals surface area contributed by atoms with Gasteiger partial charge >= 0.3 is 6.09 Å². The summed E-state index contributed by atoms with van der Waals surface area (Å²) in [6, 6.07) is 11.2. The minimum absolute atomic E-state index is 0.207. The highest BCUT2D eigenvalue weighted by molar-refractivity contribution is 5.90. The number of carbonyl (C=O) groups excluding carboxylic acids is 1. The number of rotatable bonds is 6. The number of aryl methyl sites for hydroxylation is 1. The van der Waals surface area contributed by atoms with E-state index in [9.17, 15) is 14.3 Å². The lowest BCUT2D eigenvalue weighted by Crippen LogP contribution is -2.34. The minimum Gasteiger partial charge on any atom is -0.441 e. The molecule has 0 bridgehead atoms. The largest absolute Gasteiger partial charge is 0.441 e. The maximum atomic E-state index is 15.0. The number of nitrogens with one attached hydrogen (secondary N) is 2. The molecule has 1 aliphatic heterocycles. The van der Waals surface area contributed by atoms with Crippen LogP contribution in [0, 0.1) is 5.82 Å². The quantitative estimate of drug-likeness (QED) is 0.548. The number of halogens is 1. The lowest BCUT2D eigenvalue weighted by Gasteiger charge is -2.26. The molecular formula is C23H24FN5O3. The Bertz CT molecular complexity index is 1120. The van der Waals surface area contributed by atoms with Crippen molar-refractivity contribution < 1.29 is 19.0 Å². The molecule has 9 heteroatoms. The molecule has 1 fully saturated rings. The summed E-state index contributed by atoms with van der Waals surface area (Å²) < 4.78 is 20.0. The van der Waals surface area contributed by atoms with E-state index in [0.29, 0.717) is 23.8 Å². The van der Waals surface area contributed by atoms with Crippen LogP contribution in [0.1, 0.15) is 23.2 Å². The highest BCUT2D eigenvalue weighted by Crippen LogP contribution is 2.32. The highest BCUT2D eigenvalue weighted by Gasteiger charge is 2.32. The van der Waals surface area contributed by atoms with E-state index in [2.05, 4.69) is 32.9 Å². The normalized spacial score (nSPS) is 20.3. The third kappa shape index (κ3) is 4.09. The number of fused-ring (bicyclic) bond motifs is 1. The smallest absolute Gasteiger partial charge is 0.414 e. The van der Waals surface area contributed by atoms with E-state index in [1.165, 1.54) is 22.1 Å². The number of amides is 1. The van der Waals surface area contributed by atoms with Crippen LogP contribution in [0.15, 0.2) is 42.6 Å². The van der Waals surface area contributed by atoms with Gasteiger partial charge in [0.05, 0.1) is 30.7 Å². The fraction of sp³-hybridized carbons (Fsp3) is 0.348. The summed E-state index contributed by atoms with van der Waals surface area (Å²) in [4.78, 5) is 13.3. The van der Waals surface area contributed by atoms with Crippen LogP contribution in [-0.4, -0.2) is 51.9 Å². The van der Waals surface area contributed by atoms with E-state index in [4.69, 9.17) is 4.74 Å². The van der Waals surface area contributed by atoms with Crippen molar-refractivity contribution in [3.8, 4) is 11.1 Å². The van der Waals surface area contributed by atoms with Gasteiger partial charge in [0.2, 0.25) is 0 Å². The number of cyclic esters (lactones) is 1. The van der Waals surface area contributed by atoms with Crippen molar-refractivity contribution in [3.63, 3.8) is 0 Å². The Hall–Kier alpha value is -3.30. The molecule has 1 aromatic heterocycles. The number of hydrogen-bond donors (Lipinski definition) is 3. The summed E-state index contributed by atoms with van der Waals surface area (Å²) in [6.07, 6.45) is 3.39. The van der Waals surface area contributed by atoms with Gasteiger partial charge in [0, 0.05) is 18.2 Å². The van der Waals surface area contributed by atoms with Crippen molar-refractivity contribution in [2.45, 2.75) is 38.0 Å². The van der Waals surface area contributed by atoms with E-state index in [1.807, 2.05) is 6.07 Å². The van der Waals surface area contributed by atoms with Gasteiger partial charge in [-0.05, 0) is 54.2 Å². The van der Waals surface area contributed by atoms with Gasteiger partial charge in [0.15, 0.2) is 0 Å². The van der Waals surface area contributed by atoms with Crippen molar-refractivity contribution >= 4 is 11.8 Å². The summed E-state index contributed by atoms with van der Waals surface area (Å²) in [5.41, 5.74) is 5.13. The zero-order valence-corrected chi connectivity index (χ0v) is 17.4. The van der Waals surface area contributed by atoms with E-state index in [-0.39, 0.29) is 13.2 Å². The second-order valence-electron chi connectivity index (χ2n) is 8.23. The summed E-state index contributed by atoms with van der Waals surface area (Å²) >= 11 is 0. The van der Waals surface area contributed by atoms with Crippen LogP contribution in [0.3, 0.4) is 0 Å². The third-order valence-electron chi connectivity index (χ3n) is 6.12. The van der Waals surface area contributed by atoms with E-state index < -0.39 is 18.0 Å². The molecule has 2 unspecified atom stereocenters. The van der Waals surface area contributed by atoms with Crippen molar-refractivity contribution in [2.24, 2.45) is 0 Å². The number of ether oxygens (including phenoxy) is 1. The Morgan fingerprint density at radius 3 is 2.91 bits per heavy atom. The van der Waals surface area contributed by atoms with Gasteiger partial charge < -0.3 is 15.2 Å². The van der Waals surface area contributed by atoms with Crippen LogP contribution in [0.5, 0.6) is 0 Å². The molecule has 0 spiro atoms. The molecule has 166 valence electrons. The topological polar surface area (TPSA) is 103 Å². The van der Waals surface area contributed by atoms with Crippen LogP contribution in [0.2, 0.25) is 0 Å². The Morgan fingerprint density at radius 1 is 1.25 bits per heavy atom.